The first-order valence-corrected chi connectivity index (χ1v) is 7.93. The van der Waals surface area contributed by atoms with Crippen molar-refractivity contribution in [3.8, 4) is 0 Å². The average Bonchev–Trinajstić information content (AvgIpc) is 2.63. The molecular formula is C19H21N3O2. The minimum atomic E-state index is -0.314. The SMILES string of the molecule is CCN(CC)C(=O)/C(=C/c1cccnc1)NC(=O)c1ccccc1. The second-order valence-electron chi connectivity index (χ2n) is 5.14. The second-order valence-corrected chi connectivity index (χ2v) is 5.14. The van der Waals surface area contributed by atoms with Crippen LogP contribution in [0, 0.1) is 0 Å². The maximum atomic E-state index is 12.7. The van der Waals surface area contributed by atoms with Gasteiger partial charge in [-0.05, 0) is 43.7 Å². The van der Waals surface area contributed by atoms with Crippen molar-refractivity contribution < 1.29 is 9.59 Å². The molecule has 0 unspecified atom stereocenters. The molecule has 2 rings (SSSR count). The summed E-state index contributed by atoms with van der Waals surface area (Å²) in [5.74, 6) is -0.528. The number of hydrogen-bond donors (Lipinski definition) is 1. The van der Waals surface area contributed by atoms with Gasteiger partial charge in [0.05, 0.1) is 0 Å². The number of amides is 2. The zero-order valence-electron chi connectivity index (χ0n) is 13.9. The van der Waals surface area contributed by atoms with Gasteiger partial charge in [0, 0.05) is 31.0 Å². The average molecular weight is 323 g/mol. The molecule has 5 heteroatoms. The molecule has 2 amide bonds. The van der Waals surface area contributed by atoms with Crippen molar-refractivity contribution >= 4 is 17.9 Å². The van der Waals surface area contributed by atoms with E-state index >= 15 is 0 Å². The quantitative estimate of drug-likeness (QED) is 0.832. The van der Waals surface area contributed by atoms with E-state index in [0.717, 1.165) is 5.56 Å². The van der Waals surface area contributed by atoms with Crippen LogP contribution in [0.4, 0.5) is 0 Å². The van der Waals surface area contributed by atoms with Crippen molar-refractivity contribution in [2.75, 3.05) is 13.1 Å². The van der Waals surface area contributed by atoms with Crippen molar-refractivity contribution in [2.45, 2.75) is 13.8 Å². The van der Waals surface area contributed by atoms with Gasteiger partial charge in [-0.2, -0.15) is 0 Å². The van der Waals surface area contributed by atoms with E-state index in [0.29, 0.717) is 18.7 Å². The van der Waals surface area contributed by atoms with Crippen LogP contribution in [0.5, 0.6) is 0 Å². The van der Waals surface area contributed by atoms with Crippen LogP contribution in [0.3, 0.4) is 0 Å². The number of hydrogen-bond acceptors (Lipinski definition) is 3. The van der Waals surface area contributed by atoms with E-state index in [2.05, 4.69) is 10.3 Å². The molecule has 0 fully saturated rings. The first kappa shape index (κ1) is 17.4. The van der Waals surface area contributed by atoms with Crippen LogP contribution in [0.25, 0.3) is 6.08 Å². The number of nitrogens with one attached hydrogen (secondary N) is 1. The van der Waals surface area contributed by atoms with E-state index in [9.17, 15) is 9.59 Å². The van der Waals surface area contributed by atoms with Gasteiger partial charge in [-0.15, -0.1) is 0 Å². The summed E-state index contributed by atoms with van der Waals surface area (Å²) in [6, 6.07) is 12.4. The summed E-state index contributed by atoms with van der Waals surface area (Å²) in [4.78, 5) is 30.8. The van der Waals surface area contributed by atoms with E-state index in [4.69, 9.17) is 0 Å². The van der Waals surface area contributed by atoms with Crippen LogP contribution in [-0.2, 0) is 4.79 Å². The number of benzene rings is 1. The van der Waals surface area contributed by atoms with Crippen LogP contribution >= 0.6 is 0 Å². The van der Waals surface area contributed by atoms with E-state index < -0.39 is 0 Å². The summed E-state index contributed by atoms with van der Waals surface area (Å²) < 4.78 is 0. The van der Waals surface area contributed by atoms with Crippen LogP contribution in [0.15, 0.2) is 60.6 Å². The minimum Gasteiger partial charge on any atom is -0.338 e. The predicted molar refractivity (Wildman–Crippen MR) is 94.1 cm³/mol. The number of nitrogens with zero attached hydrogens (tertiary/aromatic N) is 2. The Balaban J connectivity index is 2.31. The molecule has 0 saturated heterocycles. The van der Waals surface area contributed by atoms with Crippen LogP contribution in [-0.4, -0.2) is 34.8 Å². The topological polar surface area (TPSA) is 62.3 Å². The lowest BCUT2D eigenvalue weighted by molar-refractivity contribution is -0.127. The Morgan fingerprint density at radius 3 is 2.38 bits per heavy atom. The van der Waals surface area contributed by atoms with Crippen LogP contribution < -0.4 is 5.32 Å². The second kappa shape index (κ2) is 8.62. The summed E-state index contributed by atoms with van der Waals surface area (Å²) in [5.41, 5.74) is 1.49. The number of pyridine rings is 1. The van der Waals surface area contributed by atoms with Gasteiger partial charge < -0.3 is 10.2 Å². The van der Waals surface area contributed by atoms with Crippen molar-refractivity contribution in [3.63, 3.8) is 0 Å². The Morgan fingerprint density at radius 2 is 1.79 bits per heavy atom. The highest BCUT2D eigenvalue weighted by Crippen LogP contribution is 2.09. The van der Waals surface area contributed by atoms with Gasteiger partial charge in [0.1, 0.15) is 5.70 Å². The van der Waals surface area contributed by atoms with Gasteiger partial charge in [-0.25, -0.2) is 0 Å². The third-order valence-electron chi connectivity index (χ3n) is 3.56. The van der Waals surface area contributed by atoms with E-state index in [1.807, 2.05) is 26.0 Å². The molecule has 1 aromatic carbocycles. The molecule has 0 aliphatic heterocycles. The lowest BCUT2D eigenvalue weighted by Gasteiger charge is -2.21. The normalized spacial score (nSPS) is 11.0. The third-order valence-corrected chi connectivity index (χ3v) is 3.56. The van der Waals surface area contributed by atoms with Gasteiger partial charge in [-0.3, -0.25) is 14.6 Å². The number of aromatic nitrogens is 1. The summed E-state index contributed by atoms with van der Waals surface area (Å²) in [7, 11) is 0. The lowest BCUT2D eigenvalue weighted by atomic mass is 10.2. The standard InChI is InChI=1S/C19H21N3O2/c1-3-22(4-2)19(24)17(13-15-9-8-12-20-14-15)21-18(23)16-10-6-5-7-11-16/h5-14H,3-4H2,1-2H3,(H,21,23)/b17-13-. The van der Waals surface area contributed by atoms with Gasteiger partial charge in [0.25, 0.3) is 11.8 Å². The first-order valence-electron chi connectivity index (χ1n) is 7.93. The summed E-state index contributed by atoms with van der Waals surface area (Å²) >= 11 is 0. The summed E-state index contributed by atoms with van der Waals surface area (Å²) in [5, 5.41) is 2.73. The molecule has 1 aromatic heterocycles. The predicted octanol–water partition coefficient (Wildman–Crippen LogP) is 2.72. The zero-order valence-corrected chi connectivity index (χ0v) is 13.9. The fourth-order valence-electron chi connectivity index (χ4n) is 2.24. The number of carbonyl (C=O) groups excluding carboxylic acids is 2. The summed E-state index contributed by atoms with van der Waals surface area (Å²) in [6.07, 6.45) is 4.95. The van der Waals surface area contributed by atoms with Gasteiger partial charge >= 0.3 is 0 Å². The van der Waals surface area contributed by atoms with Gasteiger partial charge in [0.2, 0.25) is 0 Å². The molecule has 24 heavy (non-hydrogen) atoms. The monoisotopic (exact) mass is 323 g/mol. The molecule has 5 nitrogen and oxygen atoms in total. The Morgan fingerprint density at radius 1 is 1.08 bits per heavy atom. The Kier molecular flexibility index (Phi) is 6.25. The first-order chi connectivity index (χ1) is 11.7. The maximum absolute atomic E-state index is 12.7. The van der Waals surface area contributed by atoms with Crippen LogP contribution in [0.2, 0.25) is 0 Å². The highest BCUT2D eigenvalue weighted by atomic mass is 16.2. The van der Waals surface area contributed by atoms with Crippen molar-refractivity contribution in [1.29, 1.82) is 0 Å². The molecule has 0 bridgehead atoms. The molecule has 0 atom stereocenters. The van der Waals surface area contributed by atoms with Gasteiger partial charge in [0.15, 0.2) is 0 Å². The molecule has 1 heterocycles. The molecular weight excluding hydrogens is 302 g/mol. The van der Waals surface area contributed by atoms with E-state index in [1.165, 1.54) is 0 Å². The zero-order chi connectivity index (χ0) is 17.4. The fraction of sp³-hybridized carbons (Fsp3) is 0.211. The van der Waals surface area contributed by atoms with Gasteiger partial charge in [-0.1, -0.05) is 24.3 Å². The molecule has 0 saturated carbocycles. The number of likely N-dealkylation sites (N-methyl/N-ethyl adjacent to an activating group) is 1. The molecule has 0 radical (unpaired) electrons. The Labute approximate surface area is 142 Å². The highest BCUT2D eigenvalue weighted by molar-refractivity contribution is 6.05. The molecule has 1 N–H and O–H groups in total. The van der Waals surface area contributed by atoms with Crippen molar-refractivity contribution in [1.82, 2.24) is 15.2 Å². The molecule has 124 valence electrons. The molecule has 0 spiro atoms. The highest BCUT2D eigenvalue weighted by Gasteiger charge is 2.18. The Hall–Kier alpha value is -2.95. The number of carbonyl (C=O) groups is 2. The molecule has 0 aliphatic carbocycles. The maximum Gasteiger partial charge on any atom is 0.270 e. The smallest absolute Gasteiger partial charge is 0.270 e. The van der Waals surface area contributed by atoms with Crippen molar-refractivity contribution in [3.05, 3.63) is 71.7 Å². The minimum absolute atomic E-state index is 0.215. The lowest BCUT2D eigenvalue weighted by Crippen LogP contribution is -2.38. The largest absolute Gasteiger partial charge is 0.338 e. The molecule has 0 aliphatic rings. The molecule has 2 aromatic rings. The fourth-order valence-corrected chi connectivity index (χ4v) is 2.24. The third kappa shape index (κ3) is 4.52. The van der Waals surface area contributed by atoms with Crippen molar-refractivity contribution in [2.24, 2.45) is 0 Å². The Bertz CT molecular complexity index is 708. The van der Waals surface area contributed by atoms with E-state index in [-0.39, 0.29) is 17.5 Å². The summed E-state index contributed by atoms with van der Waals surface area (Å²) in [6.45, 7) is 4.95. The van der Waals surface area contributed by atoms with Crippen LogP contribution in [0.1, 0.15) is 29.8 Å². The number of rotatable bonds is 6. The van der Waals surface area contributed by atoms with E-state index in [1.54, 1.807) is 53.7 Å².